The minimum Gasteiger partial charge on any atom is -0.311 e. The summed E-state index contributed by atoms with van der Waals surface area (Å²) >= 11 is 0. The molecule has 0 radical (unpaired) electrons. The molecule has 1 heterocycles. The molecule has 5 nitrogen and oxygen atoms in total. The predicted molar refractivity (Wildman–Crippen MR) is 124 cm³/mol. The third-order valence-corrected chi connectivity index (χ3v) is 7.35. The SMILES string of the molecule is Cn1c(=O)cc(C(F)(F)F)c2cc(S(=O)(=O)N(Cc3ccccc3)Cc3ccccc3)ccc21. The zero-order chi connectivity index (χ0) is 24.5. The molecule has 0 aliphatic heterocycles. The van der Waals surface area contributed by atoms with Crippen molar-refractivity contribution in [3.8, 4) is 0 Å². The van der Waals surface area contributed by atoms with Gasteiger partial charge in [0.1, 0.15) is 0 Å². The molecular weight excluding hydrogens is 465 g/mol. The first-order chi connectivity index (χ1) is 16.1. The van der Waals surface area contributed by atoms with Gasteiger partial charge in [0, 0.05) is 31.6 Å². The highest BCUT2D eigenvalue weighted by Crippen LogP contribution is 2.35. The summed E-state index contributed by atoms with van der Waals surface area (Å²) in [7, 11) is -2.85. The minimum absolute atomic E-state index is 0.00329. The van der Waals surface area contributed by atoms with Gasteiger partial charge in [-0.05, 0) is 29.3 Å². The second-order valence-corrected chi connectivity index (χ2v) is 9.81. The molecule has 0 aliphatic carbocycles. The zero-order valence-corrected chi connectivity index (χ0v) is 19.0. The summed E-state index contributed by atoms with van der Waals surface area (Å²) < 4.78 is 70.7. The molecule has 0 unspecified atom stereocenters. The fourth-order valence-corrected chi connectivity index (χ4v) is 5.23. The van der Waals surface area contributed by atoms with E-state index < -0.39 is 27.3 Å². The van der Waals surface area contributed by atoms with Gasteiger partial charge in [-0.2, -0.15) is 17.5 Å². The lowest BCUT2D eigenvalue weighted by Gasteiger charge is -2.23. The maximum atomic E-state index is 13.7. The Bertz CT molecular complexity index is 1440. The number of sulfonamides is 1. The number of nitrogens with zero attached hydrogens (tertiary/aromatic N) is 2. The average Bonchev–Trinajstić information content (AvgIpc) is 2.81. The second kappa shape index (κ2) is 9.08. The van der Waals surface area contributed by atoms with E-state index in [0.717, 1.165) is 21.8 Å². The maximum absolute atomic E-state index is 13.7. The summed E-state index contributed by atoms with van der Waals surface area (Å²) in [5.41, 5.74) is -0.524. The van der Waals surface area contributed by atoms with Crippen LogP contribution < -0.4 is 5.56 Å². The van der Waals surface area contributed by atoms with E-state index in [-0.39, 0.29) is 28.9 Å². The van der Waals surface area contributed by atoms with E-state index in [2.05, 4.69) is 0 Å². The number of halogens is 3. The summed E-state index contributed by atoms with van der Waals surface area (Å²) in [6.07, 6.45) is -4.82. The van der Waals surface area contributed by atoms with Gasteiger partial charge >= 0.3 is 6.18 Å². The fraction of sp³-hybridized carbons (Fsp3) is 0.160. The molecule has 0 bridgehead atoms. The first-order valence-electron chi connectivity index (χ1n) is 10.4. The van der Waals surface area contributed by atoms with Crippen LogP contribution in [0.4, 0.5) is 13.2 Å². The molecule has 34 heavy (non-hydrogen) atoms. The van der Waals surface area contributed by atoms with Crippen molar-refractivity contribution >= 4 is 20.9 Å². The van der Waals surface area contributed by atoms with Crippen LogP contribution in [-0.2, 0) is 36.3 Å². The van der Waals surface area contributed by atoms with E-state index in [1.807, 2.05) is 12.1 Å². The predicted octanol–water partition coefficient (Wildman–Crippen LogP) is 4.95. The number of pyridine rings is 1. The van der Waals surface area contributed by atoms with Crippen molar-refractivity contribution in [2.75, 3.05) is 0 Å². The lowest BCUT2D eigenvalue weighted by molar-refractivity contribution is -0.136. The summed E-state index contributed by atoms with van der Waals surface area (Å²) in [6, 6.07) is 21.9. The van der Waals surface area contributed by atoms with E-state index in [0.29, 0.717) is 6.07 Å². The molecular formula is C25H21F3N2O3S. The Hall–Kier alpha value is -3.43. The largest absolute Gasteiger partial charge is 0.417 e. The Morgan fingerprint density at radius 1 is 0.824 bits per heavy atom. The topological polar surface area (TPSA) is 59.4 Å². The Morgan fingerprint density at radius 2 is 1.35 bits per heavy atom. The van der Waals surface area contributed by atoms with Crippen LogP contribution >= 0.6 is 0 Å². The number of alkyl halides is 3. The molecule has 0 aliphatic rings. The lowest BCUT2D eigenvalue weighted by atomic mass is 10.1. The van der Waals surface area contributed by atoms with Crippen molar-refractivity contribution in [2.24, 2.45) is 7.05 Å². The monoisotopic (exact) mass is 486 g/mol. The number of rotatable bonds is 6. The standard InChI is InChI=1S/C25H21F3N2O3S/c1-29-23-13-12-20(14-21(23)22(15-24(29)31)25(26,27)28)34(32,33)30(16-18-8-4-2-5-9-18)17-19-10-6-3-7-11-19/h2-15H,16-17H2,1H3. The normalized spacial score (nSPS) is 12.4. The number of aryl methyl sites for hydroxylation is 1. The van der Waals surface area contributed by atoms with Crippen LogP contribution in [0.25, 0.3) is 10.9 Å². The van der Waals surface area contributed by atoms with Gasteiger partial charge in [-0.15, -0.1) is 0 Å². The van der Waals surface area contributed by atoms with Crippen LogP contribution in [0.15, 0.2) is 94.6 Å². The number of fused-ring (bicyclic) bond motifs is 1. The molecule has 9 heteroatoms. The van der Waals surface area contributed by atoms with Crippen molar-refractivity contribution in [3.05, 3.63) is 112 Å². The molecule has 0 spiro atoms. The highest BCUT2D eigenvalue weighted by Gasteiger charge is 2.35. The van der Waals surface area contributed by atoms with Crippen LogP contribution in [0.3, 0.4) is 0 Å². The van der Waals surface area contributed by atoms with Crippen LogP contribution in [0.1, 0.15) is 16.7 Å². The first kappa shape index (κ1) is 23.7. The molecule has 0 N–H and O–H groups in total. The second-order valence-electron chi connectivity index (χ2n) is 7.88. The molecule has 0 fully saturated rings. The molecule has 0 amide bonds. The molecule has 4 aromatic rings. The van der Waals surface area contributed by atoms with Gasteiger partial charge in [0.25, 0.3) is 5.56 Å². The number of benzene rings is 3. The fourth-order valence-electron chi connectivity index (χ4n) is 3.78. The third kappa shape index (κ3) is 4.76. The molecule has 3 aromatic carbocycles. The number of hydrogen-bond acceptors (Lipinski definition) is 3. The highest BCUT2D eigenvalue weighted by atomic mass is 32.2. The molecule has 0 saturated heterocycles. The summed E-state index contributed by atoms with van der Waals surface area (Å²) in [5.74, 6) is 0. The summed E-state index contributed by atoms with van der Waals surface area (Å²) in [4.78, 5) is 11.8. The average molecular weight is 487 g/mol. The Morgan fingerprint density at radius 3 is 1.85 bits per heavy atom. The molecule has 1 aromatic heterocycles. The van der Waals surface area contributed by atoms with E-state index in [4.69, 9.17) is 0 Å². The molecule has 0 atom stereocenters. The summed E-state index contributed by atoms with van der Waals surface area (Å²) in [5, 5.41) is -0.352. The molecule has 0 saturated carbocycles. The van der Waals surface area contributed by atoms with Crippen LogP contribution in [-0.4, -0.2) is 17.3 Å². The van der Waals surface area contributed by atoms with E-state index >= 15 is 0 Å². The quantitative estimate of drug-likeness (QED) is 0.388. The van der Waals surface area contributed by atoms with Crippen LogP contribution in [0.2, 0.25) is 0 Å². The van der Waals surface area contributed by atoms with Crippen LogP contribution in [0, 0.1) is 0 Å². The van der Waals surface area contributed by atoms with Gasteiger partial charge in [0.2, 0.25) is 10.0 Å². The van der Waals surface area contributed by atoms with E-state index in [1.165, 1.54) is 23.5 Å². The van der Waals surface area contributed by atoms with Gasteiger partial charge in [-0.3, -0.25) is 4.79 Å². The number of aromatic nitrogens is 1. The molecule has 4 rings (SSSR count). The first-order valence-corrected chi connectivity index (χ1v) is 11.8. The van der Waals surface area contributed by atoms with Crippen molar-refractivity contribution in [1.82, 2.24) is 8.87 Å². The van der Waals surface area contributed by atoms with E-state index in [9.17, 15) is 26.4 Å². The van der Waals surface area contributed by atoms with Crippen LogP contribution in [0.5, 0.6) is 0 Å². The Balaban J connectivity index is 1.86. The van der Waals surface area contributed by atoms with Gasteiger partial charge in [0.15, 0.2) is 0 Å². The van der Waals surface area contributed by atoms with Crippen molar-refractivity contribution < 1.29 is 21.6 Å². The van der Waals surface area contributed by atoms with Crippen molar-refractivity contribution in [1.29, 1.82) is 0 Å². The van der Waals surface area contributed by atoms with Gasteiger partial charge < -0.3 is 4.57 Å². The van der Waals surface area contributed by atoms with E-state index in [1.54, 1.807) is 48.5 Å². The maximum Gasteiger partial charge on any atom is 0.417 e. The summed E-state index contributed by atoms with van der Waals surface area (Å²) in [6.45, 7) is 0.0744. The van der Waals surface area contributed by atoms with Gasteiger partial charge in [-0.25, -0.2) is 8.42 Å². The Labute approximate surface area is 194 Å². The third-order valence-electron chi connectivity index (χ3n) is 5.56. The smallest absolute Gasteiger partial charge is 0.311 e. The minimum atomic E-state index is -4.82. The Kier molecular flexibility index (Phi) is 6.33. The highest BCUT2D eigenvalue weighted by molar-refractivity contribution is 7.89. The number of hydrogen-bond donors (Lipinski definition) is 0. The van der Waals surface area contributed by atoms with Crippen molar-refractivity contribution in [2.45, 2.75) is 24.2 Å². The molecule has 176 valence electrons. The van der Waals surface area contributed by atoms with Crippen molar-refractivity contribution in [3.63, 3.8) is 0 Å². The van der Waals surface area contributed by atoms with Gasteiger partial charge in [-0.1, -0.05) is 60.7 Å². The van der Waals surface area contributed by atoms with Gasteiger partial charge in [0.05, 0.1) is 16.0 Å². The lowest BCUT2D eigenvalue weighted by Crippen LogP contribution is -2.30. The zero-order valence-electron chi connectivity index (χ0n) is 18.2.